The van der Waals surface area contributed by atoms with Gasteiger partial charge in [-0.25, -0.2) is 0 Å². The van der Waals surface area contributed by atoms with Crippen LogP contribution in [0.15, 0.2) is 78.7 Å². The molecule has 0 atom stereocenters. The Morgan fingerprint density at radius 2 is 0.987 bits per heavy atom. The van der Waals surface area contributed by atoms with Crippen molar-refractivity contribution in [1.82, 2.24) is 4.98 Å². The number of fused-ring (bicyclic) bond motifs is 1. The number of nitrogen functional groups attached to an aromatic ring is 1. The molecule has 0 spiro atoms. The minimum absolute atomic E-state index is 0. The van der Waals surface area contributed by atoms with E-state index in [-0.39, 0.29) is 114 Å². The maximum absolute atomic E-state index is 13.0. The number of carbonyl (C=O) groups is 2. The molecule has 0 fully saturated rings. The van der Waals surface area contributed by atoms with E-state index in [4.69, 9.17) is 15.9 Å². The van der Waals surface area contributed by atoms with Gasteiger partial charge in [0.25, 0.3) is 0 Å². The first-order chi connectivity index (χ1) is 32.8. The van der Waals surface area contributed by atoms with Crippen LogP contribution in [-0.2, 0) is 56.6 Å². The summed E-state index contributed by atoms with van der Waals surface area (Å²) in [7, 11) is 0.693. The van der Waals surface area contributed by atoms with Gasteiger partial charge >= 0.3 is 66.2 Å². The molecule has 4 N–H and O–H groups in total. The summed E-state index contributed by atoms with van der Waals surface area (Å²) in [6, 6.07) is 11.1. The molecule has 0 aliphatic heterocycles. The minimum atomic E-state index is -4.51. The normalized spacial score (nSPS) is 10.5. The second-order valence-corrected chi connectivity index (χ2v) is 25.3. The second-order valence-electron chi connectivity index (χ2n) is 14.8. The van der Waals surface area contributed by atoms with Crippen molar-refractivity contribution in [3.8, 4) is 11.5 Å². The summed E-state index contributed by atoms with van der Waals surface area (Å²) in [4.78, 5) is 25.2. The van der Waals surface area contributed by atoms with E-state index in [1.165, 1.54) is 38.5 Å². The molecule has 0 bridgehead atoms. The van der Waals surface area contributed by atoms with E-state index in [2.05, 4.69) is 89.6 Å². The Labute approximate surface area is 526 Å². The average Bonchev–Trinajstić information content (AvgIpc) is 3.69. The first-order valence-electron chi connectivity index (χ1n) is 19.8. The summed E-state index contributed by atoms with van der Waals surface area (Å²) in [5.74, 6) is 1.73. The van der Waals surface area contributed by atoms with Gasteiger partial charge in [-0.05, 0) is 118 Å². The molecule has 1 heterocycles. The van der Waals surface area contributed by atoms with Crippen molar-refractivity contribution in [2.75, 3.05) is 33.2 Å². The number of nitrogens with two attached hydrogens (primary N) is 1. The molecule has 0 aliphatic rings. The number of aromatic amines is 1. The minimum Gasteiger partial charge on any atom is -0.855 e. The van der Waals surface area contributed by atoms with Gasteiger partial charge in [-0.3, -0.25) is 9.59 Å². The largest absolute Gasteiger partial charge is 1.00 e. The summed E-state index contributed by atoms with van der Waals surface area (Å²) in [6.45, 7) is 9.58. The van der Waals surface area contributed by atoms with Crippen molar-refractivity contribution in [3.63, 3.8) is 0 Å². The number of methoxy groups -OCH3 is 2. The van der Waals surface area contributed by atoms with Crippen LogP contribution in [0.3, 0.4) is 0 Å². The zero-order chi connectivity index (χ0) is 56.3. The number of aliphatic hydroxyl groups excluding tert-OH is 1. The number of carbonyl (C=O) groups excluding carboxylic acids is 2. The molecule has 8 nitrogen and oxygen atoms in total. The van der Waals surface area contributed by atoms with Crippen LogP contribution in [0.25, 0.3) is 10.9 Å². The van der Waals surface area contributed by atoms with Gasteiger partial charge in [0.1, 0.15) is 8.07 Å². The van der Waals surface area contributed by atoms with Gasteiger partial charge in [0.05, 0.1) is 49.3 Å². The zero-order valence-corrected chi connectivity index (χ0v) is 53.1. The number of hydrogen-bond acceptors (Lipinski definition) is 7. The Kier molecular flexibility index (Phi) is 43.9. The van der Waals surface area contributed by atoms with Crippen molar-refractivity contribution < 1.29 is 112 Å². The van der Waals surface area contributed by atoms with E-state index in [1.807, 2.05) is 64.8 Å². The molecular weight excluding hydrogens is 1570 g/mol. The molecule has 0 radical (unpaired) electrons. The number of alkyl halides is 12. The fourth-order valence-corrected chi connectivity index (χ4v) is 9.61. The zero-order valence-electron chi connectivity index (χ0n) is 39.5. The topological polar surface area (TPSA) is 138 Å². The van der Waals surface area contributed by atoms with Gasteiger partial charge in [0.15, 0.2) is 0 Å². The third kappa shape index (κ3) is 32.0. The Balaban J connectivity index is -0.000000209. The first-order valence-corrected chi connectivity index (χ1v) is 28.6. The van der Waals surface area contributed by atoms with Crippen molar-refractivity contribution in [2.24, 2.45) is 0 Å². The molecule has 0 saturated heterocycles. The predicted molar refractivity (Wildman–Crippen MR) is 310 cm³/mol. The average molecular weight is 1620 g/mol. The monoisotopic (exact) mass is 1620 g/mol. The SMILES string of the molecule is C.C.C.C.CCO.CC[O-].COC(=O)Cc1cc(C(F)(F)F)c(Br)cc1C#C[Si](C)(C)C.COC(=O)Cc1cc(C(F)(F)F)c(Br)cc1I.FC(F)(F)c1cc2[nH]ccc2cc1Br.Nc1cc(C(F)(F)F)c(Br)cc1I.[Na+]. The molecule has 5 aromatic rings. The van der Waals surface area contributed by atoms with Crippen LogP contribution in [0.1, 0.15) is 82.5 Å². The van der Waals surface area contributed by atoms with Crippen LogP contribution in [0.5, 0.6) is 0 Å². The number of anilines is 1. The van der Waals surface area contributed by atoms with Crippen LogP contribution < -0.4 is 40.4 Å². The van der Waals surface area contributed by atoms with Crippen molar-refractivity contribution in [1.29, 1.82) is 0 Å². The predicted octanol–water partition coefficient (Wildman–Crippen LogP) is 14.7. The molecule has 0 amide bonds. The van der Waals surface area contributed by atoms with E-state index >= 15 is 0 Å². The van der Waals surface area contributed by atoms with Crippen LogP contribution in [0, 0.1) is 18.6 Å². The fraction of sp³-hybridized carbons (Fsp3) is 0.388. The molecule has 0 unspecified atom stereocenters. The second kappa shape index (κ2) is 39.0. The van der Waals surface area contributed by atoms with Gasteiger partial charge in [-0.2, -0.15) is 52.7 Å². The number of halogens is 18. The molecule has 77 heavy (non-hydrogen) atoms. The van der Waals surface area contributed by atoms with Crippen molar-refractivity contribution in [3.05, 3.63) is 125 Å². The summed E-state index contributed by atoms with van der Waals surface area (Å²) in [5, 5.41) is 17.3. The number of nitrogens with one attached hydrogen (secondary N) is 1. The fourth-order valence-electron chi connectivity index (χ4n) is 4.83. The summed E-state index contributed by atoms with van der Waals surface area (Å²) in [6.07, 6.45) is -16.5. The molecule has 28 heteroatoms. The number of H-pyrrole nitrogens is 1. The summed E-state index contributed by atoms with van der Waals surface area (Å²) < 4.78 is 161. The Bertz CT molecular complexity index is 2660. The van der Waals surface area contributed by atoms with Gasteiger partial charge in [-0.1, -0.05) is 126 Å². The first kappa shape index (κ1) is 86.7. The molecule has 4 aromatic carbocycles. The number of aromatic nitrogens is 1. The van der Waals surface area contributed by atoms with Crippen LogP contribution in [-0.4, -0.2) is 57.5 Å². The molecule has 0 aliphatic carbocycles. The van der Waals surface area contributed by atoms with Crippen molar-refractivity contribution in [2.45, 2.75) is 101 Å². The third-order valence-electron chi connectivity index (χ3n) is 7.97. The number of esters is 2. The van der Waals surface area contributed by atoms with E-state index in [1.54, 1.807) is 26.1 Å². The Morgan fingerprint density at radius 1 is 0.649 bits per heavy atom. The van der Waals surface area contributed by atoms with Gasteiger partial charge in [0, 0.05) is 60.0 Å². The molecule has 5 rings (SSSR count). The molecular formula is C49H59Br4F12I2N2NaO6Si. The number of hydrogen-bond donors (Lipinski definition) is 3. The third-order valence-corrected chi connectivity index (χ3v) is 13.4. The van der Waals surface area contributed by atoms with Crippen LogP contribution >= 0.6 is 109 Å². The van der Waals surface area contributed by atoms with E-state index in [0.29, 0.717) is 23.8 Å². The molecule has 432 valence electrons. The van der Waals surface area contributed by atoms with Gasteiger partial charge < -0.3 is 30.4 Å². The standard InChI is InChI=1S/C15H16BrF3O2Si.C10H7BrF3IO2.C9H5BrF3N.C7H4BrF3IN.C2H6O.C2H5O.4CH4.Na/c1-21-14(20)9-11-7-12(15(17,18)19)13(16)8-10(11)5-6-22(2,3)4;1-17-9(16)3-5-2-6(10(12,13)14)7(11)4-8(5)15;10-7-3-5-1-2-14-8(5)4-6(7)9(11,12)13;8-4-2-5(12)6(13)1-3(4)7(9,10)11;2*1-2-3;;;;;/h7-8H,9H2,1-4H3;2,4H,3H2,1H3;1-4,14H;1-2H,13H2;3H,2H2,1H3;2H2,1H3;4*1H4;/q;;;;;-1;;;;;+1. The Hall–Kier alpha value is -1.60. The quantitative estimate of drug-likeness (QED) is 0.0407. The number of ether oxygens (including phenoxy) is 2. The number of benzene rings is 4. The summed E-state index contributed by atoms with van der Waals surface area (Å²) >= 11 is 15.3. The van der Waals surface area contributed by atoms with Gasteiger partial charge in [-0.15, -0.1) is 12.2 Å². The van der Waals surface area contributed by atoms with Gasteiger partial charge in [0.2, 0.25) is 0 Å². The summed E-state index contributed by atoms with van der Waals surface area (Å²) in [5.41, 5.74) is 6.97. The van der Waals surface area contributed by atoms with Crippen LogP contribution in [0.4, 0.5) is 58.4 Å². The van der Waals surface area contributed by atoms with Crippen molar-refractivity contribution >= 4 is 146 Å². The smallest absolute Gasteiger partial charge is 0.855 e. The van der Waals surface area contributed by atoms with Crippen LogP contribution in [0.2, 0.25) is 19.6 Å². The van der Waals surface area contributed by atoms with E-state index < -0.39 is 67.0 Å². The molecule has 0 saturated carbocycles. The number of aliphatic hydroxyl groups is 1. The maximum atomic E-state index is 13.0. The maximum Gasteiger partial charge on any atom is 1.00 e. The Morgan fingerprint density at radius 3 is 1.38 bits per heavy atom. The molecule has 1 aromatic heterocycles. The number of rotatable bonds is 4. The van der Waals surface area contributed by atoms with E-state index in [0.717, 1.165) is 29.7 Å². The van der Waals surface area contributed by atoms with E-state index in [9.17, 15) is 62.3 Å².